The van der Waals surface area contributed by atoms with E-state index in [1.54, 1.807) is 13.4 Å². The monoisotopic (exact) mass is 325 g/mol. The second-order valence-corrected chi connectivity index (χ2v) is 6.10. The molecule has 3 heterocycles. The summed E-state index contributed by atoms with van der Waals surface area (Å²) in [5, 5.41) is 4.07. The number of amides is 1. The molecule has 0 fully saturated rings. The zero-order valence-corrected chi connectivity index (χ0v) is 13.5. The molecule has 0 unspecified atom stereocenters. The van der Waals surface area contributed by atoms with Gasteiger partial charge in [0, 0.05) is 48.4 Å². The summed E-state index contributed by atoms with van der Waals surface area (Å²) >= 11 is 0. The first kappa shape index (κ1) is 14.8. The minimum atomic E-state index is 0.0158. The largest absolute Gasteiger partial charge is 0.497 e. The van der Waals surface area contributed by atoms with Gasteiger partial charge in [-0.3, -0.25) is 4.79 Å². The molecule has 0 bridgehead atoms. The van der Waals surface area contributed by atoms with Crippen LogP contribution < -0.4 is 10.1 Å². The molecule has 1 atom stereocenters. The number of carbonyl (C=O) groups excluding carboxylic acids is 1. The van der Waals surface area contributed by atoms with E-state index in [1.165, 1.54) is 0 Å². The second kappa shape index (κ2) is 6.03. The molecule has 4 rings (SSSR count). The lowest BCUT2D eigenvalue weighted by molar-refractivity contribution is -0.121. The van der Waals surface area contributed by atoms with Crippen molar-refractivity contribution in [3.63, 3.8) is 0 Å². The van der Waals surface area contributed by atoms with Gasteiger partial charge < -0.3 is 19.0 Å². The van der Waals surface area contributed by atoms with Gasteiger partial charge in [0.05, 0.1) is 19.8 Å². The van der Waals surface area contributed by atoms with Gasteiger partial charge in [-0.15, -0.1) is 0 Å². The highest BCUT2D eigenvalue weighted by Gasteiger charge is 2.21. The highest BCUT2D eigenvalue weighted by molar-refractivity contribution is 5.88. The molecule has 0 aliphatic carbocycles. The summed E-state index contributed by atoms with van der Waals surface area (Å²) in [7, 11) is 1.62. The molecule has 3 aromatic rings. The van der Waals surface area contributed by atoms with Gasteiger partial charge in [0.25, 0.3) is 0 Å². The van der Waals surface area contributed by atoms with Crippen LogP contribution >= 0.6 is 0 Å². The molecule has 0 spiro atoms. The third kappa shape index (κ3) is 2.75. The van der Waals surface area contributed by atoms with Crippen molar-refractivity contribution in [3.05, 3.63) is 48.2 Å². The van der Waals surface area contributed by atoms with Crippen molar-refractivity contribution in [2.75, 3.05) is 7.11 Å². The Morgan fingerprint density at radius 1 is 1.50 bits per heavy atom. The van der Waals surface area contributed by atoms with Crippen LogP contribution in [0.15, 0.2) is 41.3 Å². The minimum Gasteiger partial charge on any atom is -0.497 e. The van der Waals surface area contributed by atoms with Crippen molar-refractivity contribution in [2.24, 2.45) is 0 Å². The van der Waals surface area contributed by atoms with Gasteiger partial charge in [0.15, 0.2) is 0 Å². The quantitative estimate of drug-likeness (QED) is 0.799. The molecule has 1 aliphatic heterocycles. The Labute approximate surface area is 139 Å². The van der Waals surface area contributed by atoms with Crippen LogP contribution in [0.5, 0.6) is 5.75 Å². The lowest BCUT2D eigenvalue weighted by Gasteiger charge is -2.24. The predicted octanol–water partition coefficient (Wildman–Crippen LogP) is 2.31. The Morgan fingerprint density at radius 2 is 2.42 bits per heavy atom. The maximum absolute atomic E-state index is 12.4. The topological polar surface area (TPSA) is 69.3 Å². The number of methoxy groups -OCH3 is 1. The summed E-state index contributed by atoms with van der Waals surface area (Å²) in [6, 6.07) is 5.79. The van der Waals surface area contributed by atoms with Gasteiger partial charge in [-0.1, -0.05) is 0 Å². The minimum absolute atomic E-state index is 0.0158. The number of fused-ring (bicyclic) bond motifs is 2. The number of aromatic nitrogens is 2. The summed E-state index contributed by atoms with van der Waals surface area (Å²) in [6.45, 7) is 0.782. The standard InChI is InChI=1S/C18H19N3O3/c1-23-14-3-4-15-12(11-24-16(15)9-14)8-18(22)20-13-2-5-17-19-6-7-21(17)10-13/h3-4,6-7,9,11,13H,2,5,8,10H2,1H3,(H,20,22)/t13-/m0/s1. The van der Waals surface area contributed by atoms with Gasteiger partial charge in [0.1, 0.15) is 17.2 Å². The molecule has 24 heavy (non-hydrogen) atoms. The van der Waals surface area contributed by atoms with Crippen LogP contribution in [-0.4, -0.2) is 28.6 Å². The average Bonchev–Trinajstić information content (AvgIpc) is 3.21. The lowest BCUT2D eigenvalue weighted by atomic mass is 10.1. The van der Waals surface area contributed by atoms with E-state index in [0.717, 1.165) is 47.5 Å². The van der Waals surface area contributed by atoms with Crippen LogP contribution in [0.2, 0.25) is 0 Å². The molecule has 1 amide bonds. The van der Waals surface area contributed by atoms with E-state index in [9.17, 15) is 4.79 Å². The number of imidazole rings is 1. The summed E-state index contributed by atoms with van der Waals surface area (Å²) in [6.07, 6.45) is 7.56. The predicted molar refractivity (Wildman–Crippen MR) is 88.9 cm³/mol. The van der Waals surface area contributed by atoms with Gasteiger partial charge >= 0.3 is 0 Å². The number of hydrogen-bond donors (Lipinski definition) is 1. The molecular weight excluding hydrogens is 306 g/mol. The van der Waals surface area contributed by atoms with E-state index >= 15 is 0 Å². The van der Waals surface area contributed by atoms with E-state index in [2.05, 4.69) is 14.9 Å². The zero-order valence-electron chi connectivity index (χ0n) is 13.5. The normalized spacial score (nSPS) is 16.8. The van der Waals surface area contributed by atoms with Crippen molar-refractivity contribution < 1.29 is 13.9 Å². The lowest BCUT2D eigenvalue weighted by Crippen LogP contribution is -2.41. The first-order valence-corrected chi connectivity index (χ1v) is 8.06. The summed E-state index contributed by atoms with van der Waals surface area (Å²) in [5.41, 5.74) is 1.63. The van der Waals surface area contributed by atoms with E-state index in [-0.39, 0.29) is 11.9 Å². The maximum Gasteiger partial charge on any atom is 0.224 e. The molecule has 1 N–H and O–H groups in total. The fraction of sp³-hybridized carbons (Fsp3) is 0.333. The van der Waals surface area contributed by atoms with Gasteiger partial charge in [-0.2, -0.15) is 0 Å². The number of carbonyl (C=O) groups is 1. The van der Waals surface area contributed by atoms with Gasteiger partial charge in [-0.05, 0) is 18.6 Å². The Kier molecular flexibility index (Phi) is 3.72. The van der Waals surface area contributed by atoms with Gasteiger partial charge in [-0.25, -0.2) is 4.98 Å². The molecule has 0 saturated carbocycles. The van der Waals surface area contributed by atoms with Crippen LogP contribution in [-0.2, 0) is 24.2 Å². The first-order valence-electron chi connectivity index (χ1n) is 8.06. The number of benzene rings is 1. The van der Waals surface area contributed by atoms with Crippen LogP contribution in [0, 0.1) is 0 Å². The molecule has 124 valence electrons. The number of nitrogens with one attached hydrogen (secondary N) is 1. The first-order chi connectivity index (χ1) is 11.7. The van der Waals surface area contributed by atoms with Crippen LogP contribution in [0.4, 0.5) is 0 Å². The highest BCUT2D eigenvalue weighted by atomic mass is 16.5. The number of hydrogen-bond acceptors (Lipinski definition) is 4. The van der Waals surface area contributed by atoms with Gasteiger partial charge in [0.2, 0.25) is 5.91 Å². The average molecular weight is 325 g/mol. The van der Waals surface area contributed by atoms with Crippen molar-refractivity contribution in [1.82, 2.24) is 14.9 Å². The molecule has 0 radical (unpaired) electrons. The zero-order chi connectivity index (χ0) is 16.5. The van der Waals surface area contributed by atoms with E-state index in [1.807, 2.05) is 30.6 Å². The number of rotatable bonds is 4. The van der Waals surface area contributed by atoms with E-state index in [0.29, 0.717) is 6.42 Å². The molecule has 1 aliphatic rings. The van der Waals surface area contributed by atoms with Crippen LogP contribution in [0.1, 0.15) is 17.8 Å². The summed E-state index contributed by atoms with van der Waals surface area (Å²) < 4.78 is 12.8. The Bertz CT molecular complexity index is 881. The maximum atomic E-state index is 12.4. The van der Waals surface area contributed by atoms with Crippen molar-refractivity contribution in [3.8, 4) is 5.75 Å². The van der Waals surface area contributed by atoms with Crippen molar-refractivity contribution >= 4 is 16.9 Å². The number of ether oxygens (including phenoxy) is 1. The van der Waals surface area contributed by atoms with Crippen LogP contribution in [0.3, 0.4) is 0 Å². The van der Waals surface area contributed by atoms with Crippen molar-refractivity contribution in [1.29, 1.82) is 0 Å². The fourth-order valence-corrected chi connectivity index (χ4v) is 3.26. The Morgan fingerprint density at radius 3 is 3.29 bits per heavy atom. The number of nitrogens with zero attached hydrogens (tertiary/aromatic N) is 2. The molecule has 2 aromatic heterocycles. The molecular formula is C18H19N3O3. The highest BCUT2D eigenvalue weighted by Crippen LogP contribution is 2.26. The summed E-state index contributed by atoms with van der Waals surface area (Å²) in [4.78, 5) is 16.7. The fourth-order valence-electron chi connectivity index (χ4n) is 3.26. The molecule has 6 heteroatoms. The SMILES string of the molecule is COc1ccc2c(CC(=O)N[C@H]3CCc4nccn4C3)coc2c1. The van der Waals surface area contributed by atoms with E-state index < -0.39 is 0 Å². The summed E-state index contributed by atoms with van der Waals surface area (Å²) in [5.74, 6) is 1.85. The number of aryl methyl sites for hydroxylation is 1. The molecule has 0 saturated heterocycles. The molecule has 1 aromatic carbocycles. The van der Waals surface area contributed by atoms with E-state index in [4.69, 9.17) is 9.15 Å². The molecule has 6 nitrogen and oxygen atoms in total. The smallest absolute Gasteiger partial charge is 0.224 e. The van der Waals surface area contributed by atoms with Crippen LogP contribution in [0.25, 0.3) is 11.0 Å². The van der Waals surface area contributed by atoms with Crippen molar-refractivity contribution in [2.45, 2.75) is 31.8 Å². The third-order valence-electron chi connectivity index (χ3n) is 4.51. The Balaban J connectivity index is 1.43. The Hall–Kier alpha value is -2.76. The third-order valence-corrected chi connectivity index (χ3v) is 4.51. The second-order valence-electron chi connectivity index (χ2n) is 6.10. The number of furan rings is 1.